The van der Waals surface area contributed by atoms with Crippen molar-refractivity contribution in [1.82, 2.24) is 0 Å². The van der Waals surface area contributed by atoms with Gasteiger partial charge < -0.3 is 4.74 Å². The number of hydrogen-bond donors (Lipinski definition) is 0. The summed E-state index contributed by atoms with van der Waals surface area (Å²) in [4.78, 5) is 13.5. The predicted octanol–water partition coefficient (Wildman–Crippen LogP) is 6.83. The van der Waals surface area contributed by atoms with Crippen LogP contribution in [0.3, 0.4) is 0 Å². The Morgan fingerprint density at radius 3 is 2.66 bits per heavy atom. The molecule has 4 atom stereocenters. The third-order valence-corrected chi connectivity index (χ3v) is 8.17. The summed E-state index contributed by atoms with van der Waals surface area (Å²) >= 11 is 0. The molecule has 2 aromatic rings. The number of hydrogen-bond acceptors (Lipinski definition) is 2. The summed E-state index contributed by atoms with van der Waals surface area (Å²) in [6, 6.07) is 11.8. The summed E-state index contributed by atoms with van der Waals surface area (Å²) in [6.07, 6.45) is 1.30. The number of rotatable bonds is 2. The van der Waals surface area contributed by atoms with Crippen LogP contribution in [0.5, 0.6) is 5.75 Å². The van der Waals surface area contributed by atoms with Crippen molar-refractivity contribution in [2.75, 3.05) is 7.11 Å². The second-order valence-corrected chi connectivity index (χ2v) is 9.72. The van der Waals surface area contributed by atoms with E-state index in [0.29, 0.717) is 23.8 Å². The summed E-state index contributed by atoms with van der Waals surface area (Å²) in [5.74, 6) is 1.86. The number of halogens is 3. The maximum Gasteiger partial charge on any atom is 0.416 e. The molecule has 0 saturated heterocycles. The largest absolute Gasteiger partial charge is 0.497 e. The molecule has 32 heavy (non-hydrogen) atoms. The van der Waals surface area contributed by atoms with Crippen LogP contribution in [0.25, 0.3) is 6.08 Å². The summed E-state index contributed by atoms with van der Waals surface area (Å²) in [5, 5.41) is 0. The first kappa shape index (κ1) is 21.3. The zero-order chi connectivity index (χ0) is 22.7. The zero-order valence-electron chi connectivity index (χ0n) is 18.3. The van der Waals surface area contributed by atoms with Crippen LogP contribution in [0.4, 0.5) is 13.2 Å². The fourth-order valence-electron chi connectivity index (χ4n) is 6.55. The molecule has 0 spiro atoms. The van der Waals surface area contributed by atoms with E-state index < -0.39 is 17.2 Å². The van der Waals surface area contributed by atoms with Crippen molar-refractivity contribution in [3.8, 4) is 5.75 Å². The molecule has 2 aromatic carbocycles. The highest BCUT2D eigenvalue weighted by Gasteiger charge is 2.56. The van der Waals surface area contributed by atoms with E-state index in [-0.39, 0.29) is 17.3 Å². The molecular weight excluding hydrogens is 413 g/mol. The number of methoxy groups -OCH3 is 1. The first-order valence-corrected chi connectivity index (χ1v) is 11.3. The number of Topliss-reactive ketones (excluding diaryl/α,β-unsaturated/α-hetero) is 1. The van der Waals surface area contributed by atoms with E-state index in [1.165, 1.54) is 29.3 Å². The number of ketones is 1. The molecule has 3 aliphatic rings. The number of benzene rings is 2. The molecule has 5 rings (SSSR count). The molecular formula is C27H27F3O2. The van der Waals surface area contributed by atoms with Crippen molar-refractivity contribution in [2.45, 2.75) is 51.1 Å². The number of alkyl halides is 3. The van der Waals surface area contributed by atoms with Crippen molar-refractivity contribution < 1.29 is 22.7 Å². The van der Waals surface area contributed by atoms with Crippen LogP contribution in [0.1, 0.15) is 60.8 Å². The monoisotopic (exact) mass is 440 g/mol. The third-order valence-electron chi connectivity index (χ3n) is 8.17. The van der Waals surface area contributed by atoms with Crippen LogP contribution in [-0.4, -0.2) is 12.9 Å². The highest BCUT2D eigenvalue weighted by Crippen LogP contribution is 2.61. The SMILES string of the molecule is COc1ccc2c(c1)CC[C@@H]1[C@@H]2CC[C@]2(C)C(=O)/C(=C/c3ccccc3C(F)(F)F)C[C@@H]12. The molecule has 3 aliphatic carbocycles. The van der Waals surface area contributed by atoms with Crippen molar-refractivity contribution in [3.05, 3.63) is 70.3 Å². The van der Waals surface area contributed by atoms with Crippen molar-refractivity contribution >= 4 is 11.9 Å². The van der Waals surface area contributed by atoms with Crippen LogP contribution in [0.2, 0.25) is 0 Å². The summed E-state index contributed by atoms with van der Waals surface area (Å²) in [7, 11) is 1.67. The minimum atomic E-state index is -4.44. The average Bonchev–Trinajstić information content (AvgIpc) is 3.03. The Hall–Kier alpha value is -2.56. The standard InChI is InChI=1S/C27H27F3O2/c1-26-12-11-21-20-10-8-19(32-2)14-16(20)7-9-22(21)24(26)15-18(25(26)31)13-17-5-3-4-6-23(17)27(28,29)30/h3-6,8,10,13-14,21-22,24H,7,9,11-12,15H2,1-2H3/b18-13+/t21-,22-,24+,26+/m1/s1. The zero-order valence-corrected chi connectivity index (χ0v) is 18.3. The smallest absolute Gasteiger partial charge is 0.416 e. The van der Waals surface area contributed by atoms with E-state index in [1.54, 1.807) is 13.2 Å². The van der Waals surface area contributed by atoms with Gasteiger partial charge in [0.05, 0.1) is 12.7 Å². The average molecular weight is 441 g/mol. The Bertz CT molecular complexity index is 1100. The van der Waals surface area contributed by atoms with Gasteiger partial charge in [0.25, 0.3) is 0 Å². The minimum absolute atomic E-state index is 0.0402. The van der Waals surface area contributed by atoms with Crippen molar-refractivity contribution in [3.63, 3.8) is 0 Å². The van der Waals surface area contributed by atoms with Gasteiger partial charge in [0.15, 0.2) is 5.78 Å². The first-order chi connectivity index (χ1) is 15.2. The van der Waals surface area contributed by atoms with Gasteiger partial charge in [-0.05, 0) is 96.4 Å². The number of aryl methyl sites for hydroxylation is 1. The van der Waals surface area contributed by atoms with Crippen LogP contribution in [0.15, 0.2) is 48.0 Å². The number of allylic oxidation sites excluding steroid dienone is 1. The lowest BCUT2D eigenvalue weighted by Crippen LogP contribution is -2.42. The maximum atomic E-state index is 13.5. The normalized spacial score (nSPS) is 30.6. The molecule has 5 heteroatoms. The number of carbonyl (C=O) groups excluding carboxylic acids is 1. The molecule has 2 fully saturated rings. The second kappa shape index (κ2) is 7.50. The van der Waals surface area contributed by atoms with Crippen LogP contribution < -0.4 is 4.74 Å². The van der Waals surface area contributed by atoms with E-state index in [4.69, 9.17) is 4.74 Å². The second-order valence-electron chi connectivity index (χ2n) is 9.72. The quantitative estimate of drug-likeness (QED) is 0.478. The molecule has 2 saturated carbocycles. The Morgan fingerprint density at radius 2 is 1.91 bits per heavy atom. The third kappa shape index (κ3) is 3.28. The number of fused-ring (bicyclic) bond motifs is 5. The van der Waals surface area contributed by atoms with Gasteiger partial charge in [0, 0.05) is 5.41 Å². The summed E-state index contributed by atoms with van der Waals surface area (Å²) < 4.78 is 45.8. The van der Waals surface area contributed by atoms with E-state index in [1.807, 2.05) is 13.0 Å². The molecule has 0 unspecified atom stereocenters. The Labute approximate surface area is 186 Å². The molecule has 0 amide bonds. The van der Waals surface area contributed by atoms with Crippen molar-refractivity contribution in [2.24, 2.45) is 17.3 Å². The molecule has 0 bridgehead atoms. The van der Waals surface area contributed by atoms with Crippen LogP contribution >= 0.6 is 0 Å². The van der Waals surface area contributed by atoms with Gasteiger partial charge in [-0.1, -0.05) is 31.2 Å². The maximum absolute atomic E-state index is 13.5. The molecule has 0 aromatic heterocycles. The van der Waals surface area contributed by atoms with E-state index in [0.717, 1.165) is 37.5 Å². The molecule has 168 valence electrons. The summed E-state index contributed by atoms with van der Waals surface area (Å²) in [5.41, 5.74) is 2.16. The van der Waals surface area contributed by atoms with Gasteiger partial charge in [-0.3, -0.25) is 4.79 Å². The fraction of sp³-hybridized carbons (Fsp3) is 0.444. The van der Waals surface area contributed by atoms with Crippen LogP contribution in [0, 0.1) is 17.3 Å². The highest BCUT2D eigenvalue weighted by atomic mass is 19.4. The highest BCUT2D eigenvalue weighted by molar-refractivity contribution is 6.06. The van der Waals surface area contributed by atoms with E-state index in [9.17, 15) is 18.0 Å². The fourth-order valence-corrected chi connectivity index (χ4v) is 6.55. The van der Waals surface area contributed by atoms with Gasteiger partial charge in [0.2, 0.25) is 0 Å². The molecule has 0 radical (unpaired) electrons. The van der Waals surface area contributed by atoms with Crippen molar-refractivity contribution in [1.29, 1.82) is 0 Å². The molecule has 0 heterocycles. The van der Waals surface area contributed by atoms with Gasteiger partial charge >= 0.3 is 6.18 Å². The first-order valence-electron chi connectivity index (χ1n) is 11.3. The number of ether oxygens (including phenoxy) is 1. The lowest BCUT2D eigenvalue weighted by atomic mass is 9.55. The Balaban J connectivity index is 1.49. The Morgan fingerprint density at radius 1 is 1.12 bits per heavy atom. The predicted molar refractivity (Wildman–Crippen MR) is 117 cm³/mol. The lowest BCUT2D eigenvalue weighted by Gasteiger charge is -2.48. The summed E-state index contributed by atoms with van der Waals surface area (Å²) in [6.45, 7) is 2.04. The molecule has 0 aliphatic heterocycles. The van der Waals surface area contributed by atoms with Gasteiger partial charge in [-0.15, -0.1) is 0 Å². The molecule has 0 N–H and O–H groups in total. The van der Waals surface area contributed by atoms with E-state index in [2.05, 4.69) is 12.1 Å². The van der Waals surface area contributed by atoms with Gasteiger partial charge in [-0.2, -0.15) is 13.2 Å². The number of carbonyl (C=O) groups is 1. The minimum Gasteiger partial charge on any atom is -0.497 e. The van der Waals surface area contributed by atoms with Crippen LogP contribution in [-0.2, 0) is 17.4 Å². The topological polar surface area (TPSA) is 26.3 Å². The van der Waals surface area contributed by atoms with Gasteiger partial charge in [-0.25, -0.2) is 0 Å². The Kier molecular flexibility index (Phi) is 4.99. The van der Waals surface area contributed by atoms with E-state index >= 15 is 0 Å². The lowest BCUT2D eigenvalue weighted by molar-refractivity contribution is -0.137. The van der Waals surface area contributed by atoms with Gasteiger partial charge in [0.1, 0.15) is 5.75 Å². The molecule has 2 nitrogen and oxygen atoms in total.